The van der Waals surface area contributed by atoms with Crippen LogP contribution in [0.3, 0.4) is 0 Å². The summed E-state index contributed by atoms with van der Waals surface area (Å²) in [7, 11) is 0. The predicted molar refractivity (Wildman–Crippen MR) is 67.8 cm³/mol. The number of hydrogen-bond acceptors (Lipinski definition) is 5. The van der Waals surface area contributed by atoms with Crippen LogP contribution in [0, 0.1) is 6.92 Å². The minimum Gasteiger partial charge on any atom is -0.324 e. The Hall–Kier alpha value is -0.910. The van der Waals surface area contributed by atoms with Crippen molar-refractivity contribution in [3.8, 4) is 0 Å². The molecular weight excluding hydrogens is 238 g/mol. The van der Waals surface area contributed by atoms with Gasteiger partial charge in [0.25, 0.3) is 0 Å². The summed E-state index contributed by atoms with van der Waals surface area (Å²) in [5.74, 6) is 0. The maximum atomic E-state index is 5.79. The van der Waals surface area contributed by atoms with Crippen LogP contribution in [-0.4, -0.2) is 10.2 Å². The summed E-state index contributed by atoms with van der Waals surface area (Å²) >= 11 is 3.24. The van der Waals surface area contributed by atoms with Crippen LogP contribution in [0.25, 0.3) is 0 Å². The van der Waals surface area contributed by atoms with Crippen LogP contribution in [0.5, 0.6) is 0 Å². The molecule has 0 aliphatic heterocycles. The molecule has 2 N–H and O–H groups in total. The lowest BCUT2D eigenvalue weighted by Crippen LogP contribution is -2.04. The topological polar surface area (TPSA) is 51.8 Å². The van der Waals surface area contributed by atoms with Crippen molar-refractivity contribution >= 4 is 23.1 Å². The van der Waals surface area contributed by atoms with Crippen molar-refractivity contribution in [2.24, 2.45) is 5.73 Å². The lowest BCUT2D eigenvalue weighted by molar-refractivity contribution is 0.817. The van der Waals surface area contributed by atoms with E-state index < -0.39 is 0 Å². The maximum Gasteiger partial charge on any atom is 0.179 e. The van der Waals surface area contributed by atoms with Crippen LogP contribution in [0.1, 0.15) is 23.5 Å². The van der Waals surface area contributed by atoms with E-state index >= 15 is 0 Å². The normalized spacial score (nSPS) is 12.7. The molecule has 3 nitrogen and oxygen atoms in total. The third kappa shape index (κ3) is 2.81. The largest absolute Gasteiger partial charge is 0.324 e. The molecule has 1 aromatic carbocycles. The van der Waals surface area contributed by atoms with E-state index in [9.17, 15) is 0 Å². The molecule has 2 rings (SSSR count). The number of aryl methyl sites for hydroxylation is 1. The zero-order chi connectivity index (χ0) is 11.5. The minimum absolute atomic E-state index is 0.0859. The first-order valence-corrected chi connectivity index (χ1v) is 6.62. The van der Waals surface area contributed by atoms with Crippen molar-refractivity contribution in [2.45, 2.75) is 29.1 Å². The second-order valence-corrected chi connectivity index (χ2v) is 6.05. The number of benzene rings is 1. The Balaban J connectivity index is 2.11. The summed E-state index contributed by atoms with van der Waals surface area (Å²) in [6, 6.07) is 8.34. The van der Waals surface area contributed by atoms with E-state index in [0.717, 1.165) is 14.9 Å². The van der Waals surface area contributed by atoms with Gasteiger partial charge in [0.1, 0.15) is 5.01 Å². The van der Waals surface area contributed by atoms with Crippen molar-refractivity contribution in [3.05, 3.63) is 34.8 Å². The summed E-state index contributed by atoms with van der Waals surface area (Å²) < 4.78 is 0.978. The quantitative estimate of drug-likeness (QED) is 0.911. The monoisotopic (exact) mass is 251 g/mol. The second-order valence-electron chi connectivity index (χ2n) is 3.55. The van der Waals surface area contributed by atoms with Gasteiger partial charge in [-0.15, -0.1) is 10.2 Å². The first-order chi connectivity index (χ1) is 7.65. The molecule has 2 aromatic rings. The van der Waals surface area contributed by atoms with Crippen molar-refractivity contribution in [1.29, 1.82) is 0 Å². The van der Waals surface area contributed by atoms with Crippen molar-refractivity contribution < 1.29 is 0 Å². The summed E-state index contributed by atoms with van der Waals surface area (Å²) in [6.45, 7) is 3.94. The average Bonchev–Trinajstić information content (AvgIpc) is 2.65. The fraction of sp³-hybridized carbons (Fsp3) is 0.273. The highest BCUT2D eigenvalue weighted by atomic mass is 32.2. The third-order valence-corrected chi connectivity index (χ3v) is 4.02. The fourth-order valence-electron chi connectivity index (χ4n) is 1.26. The third-order valence-electron chi connectivity index (χ3n) is 2.12. The molecule has 5 heteroatoms. The Morgan fingerprint density at radius 3 is 2.44 bits per heavy atom. The van der Waals surface area contributed by atoms with Crippen LogP contribution >= 0.6 is 23.1 Å². The number of nitrogens with two attached hydrogens (primary N) is 1. The molecule has 0 spiro atoms. The van der Waals surface area contributed by atoms with Gasteiger partial charge in [0.2, 0.25) is 0 Å². The maximum absolute atomic E-state index is 5.79. The smallest absolute Gasteiger partial charge is 0.179 e. The first-order valence-electron chi connectivity index (χ1n) is 4.98. The van der Waals surface area contributed by atoms with Crippen LogP contribution in [0.2, 0.25) is 0 Å². The van der Waals surface area contributed by atoms with E-state index in [1.807, 2.05) is 13.8 Å². The SMILES string of the molecule is Cc1nnc(Sc2ccc([C@@H](C)N)cc2)s1. The van der Waals surface area contributed by atoms with Crippen LogP contribution in [-0.2, 0) is 0 Å². The lowest BCUT2D eigenvalue weighted by atomic mass is 10.1. The molecule has 0 radical (unpaired) electrons. The van der Waals surface area contributed by atoms with Gasteiger partial charge in [-0.1, -0.05) is 35.2 Å². The highest BCUT2D eigenvalue weighted by molar-refractivity contribution is 8.01. The fourth-order valence-corrected chi connectivity index (χ4v) is 3.05. The highest BCUT2D eigenvalue weighted by Gasteiger charge is 2.04. The van der Waals surface area contributed by atoms with Gasteiger partial charge in [-0.2, -0.15) is 0 Å². The van der Waals surface area contributed by atoms with Crippen molar-refractivity contribution in [1.82, 2.24) is 10.2 Å². The molecule has 84 valence electrons. The van der Waals surface area contributed by atoms with E-state index in [0.29, 0.717) is 0 Å². The van der Waals surface area contributed by atoms with E-state index in [2.05, 4.69) is 34.5 Å². The molecule has 0 unspecified atom stereocenters. The van der Waals surface area contributed by atoms with Crippen LogP contribution in [0.15, 0.2) is 33.5 Å². The number of nitrogens with zero attached hydrogens (tertiary/aromatic N) is 2. The van der Waals surface area contributed by atoms with E-state index in [-0.39, 0.29) is 6.04 Å². The Morgan fingerprint density at radius 1 is 1.25 bits per heavy atom. The van der Waals surface area contributed by atoms with Gasteiger partial charge in [0, 0.05) is 10.9 Å². The molecule has 0 aliphatic rings. The molecule has 0 aliphatic carbocycles. The van der Waals surface area contributed by atoms with Gasteiger partial charge < -0.3 is 5.73 Å². The van der Waals surface area contributed by atoms with Gasteiger partial charge >= 0.3 is 0 Å². The van der Waals surface area contributed by atoms with Gasteiger partial charge in [0.15, 0.2) is 4.34 Å². The van der Waals surface area contributed by atoms with Gasteiger partial charge in [0.05, 0.1) is 0 Å². The average molecular weight is 251 g/mol. The van der Waals surface area contributed by atoms with E-state index in [1.165, 1.54) is 4.90 Å². The number of rotatable bonds is 3. The summed E-state index contributed by atoms with van der Waals surface area (Å²) in [6.07, 6.45) is 0. The zero-order valence-electron chi connectivity index (χ0n) is 9.18. The Labute approximate surface area is 103 Å². The van der Waals surface area contributed by atoms with E-state index in [4.69, 9.17) is 5.73 Å². The molecule has 0 saturated carbocycles. The van der Waals surface area contributed by atoms with E-state index in [1.54, 1.807) is 23.1 Å². The van der Waals surface area contributed by atoms with Crippen LogP contribution in [0.4, 0.5) is 0 Å². The molecule has 0 amide bonds. The molecular formula is C11H13N3S2. The van der Waals surface area contributed by atoms with Gasteiger partial charge in [-0.25, -0.2) is 0 Å². The molecule has 0 fully saturated rings. The standard InChI is InChI=1S/C11H13N3S2/c1-7(12)9-3-5-10(6-4-9)16-11-14-13-8(2)15-11/h3-7H,12H2,1-2H3/t7-/m1/s1. The molecule has 0 bridgehead atoms. The first kappa shape index (κ1) is 11.6. The summed E-state index contributed by atoms with van der Waals surface area (Å²) in [4.78, 5) is 1.17. The molecule has 1 atom stereocenters. The molecule has 0 saturated heterocycles. The van der Waals surface area contributed by atoms with Crippen LogP contribution < -0.4 is 5.73 Å². The highest BCUT2D eigenvalue weighted by Crippen LogP contribution is 2.30. The van der Waals surface area contributed by atoms with Crippen molar-refractivity contribution in [3.63, 3.8) is 0 Å². The Morgan fingerprint density at radius 2 is 1.94 bits per heavy atom. The summed E-state index contributed by atoms with van der Waals surface area (Å²) in [5.41, 5.74) is 6.94. The Bertz CT molecular complexity index is 462. The Kier molecular flexibility index (Phi) is 3.58. The van der Waals surface area contributed by atoms with Gasteiger partial charge in [-0.3, -0.25) is 0 Å². The number of hydrogen-bond donors (Lipinski definition) is 1. The molecule has 1 aromatic heterocycles. The molecule has 1 heterocycles. The number of aromatic nitrogens is 2. The minimum atomic E-state index is 0.0859. The zero-order valence-corrected chi connectivity index (χ0v) is 10.8. The molecule has 16 heavy (non-hydrogen) atoms. The van der Waals surface area contributed by atoms with Gasteiger partial charge in [-0.05, 0) is 31.5 Å². The second kappa shape index (κ2) is 4.95. The van der Waals surface area contributed by atoms with Crippen molar-refractivity contribution in [2.75, 3.05) is 0 Å². The summed E-state index contributed by atoms with van der Waals surface area (Å²) in [5, 5.41) is 9.06. The predicted octanol–water partition coefficient (Wildman–Crippen LogP) is 3.02. The lowest BCUT2D eigenvalue weighted by Gasteiger charge is -2.05.